The fourth-order valence-corrected chi connectivity index (χ4v) is 3.63. The summed E-state index contributed by atoms with van der Waals surface area (Å²) < 4.78 is 0. The zero-order valence-electron chi connectivity index (χ0n) is 12.1. The van der Waals surface area contributed by atoms with E-state index in [2.05, 4.69) is 24.1 Å². The maximum atomic E-state index is 9.74. The first-order chi connectivity index (χ1) is 8.65. The first-order valence-corrected chi connectivity index (χ1v) is 7.75. The Bertz CT molecular complexity index is 241. The molecule has 2 rings (SSSR count). The Hall–Kier alpha value is -0.120. The third-order valence-corrected chi connectivity index (χ3v) is 4.94. The lowest BCUT2D eigenvalue weighted by Crippen LogP contribution is -2.53. The highest BCUT2D eigenvalue weighted by atomic mass is 16.3. The van der Waals surface area contributed by atoms with Gasteiger partial charge in [-0.2, -0.15) is 0 Å². The molecule has 3 nitrogen and oxygen atoms in total. The van der Waals surface area contributed by atoms with Gasteiger partial charge in [0.25, 0.3) is 0 Å². The van der Waals surface area contributed by atoms with Crippen LogP contribution in [-0.2, 0) is 0 Å². The van der Waals surface area contributed by atoms with Crippen LogP contribution in [0.2, 0.25) is 0 Å². The van der Waals surface area contributed by atoms with Crippen molar-refractivity contribution >= 4 is 0 Å². The maximum Gasteiger partial charge on any atom is 0.0613 e. The zero-order chi connectivity index (χ0) is 13.0. The SMILES string of the molecule is CC(C)N1CCC(CC2(CO)CCCCN2)CC1. The van der Waals surface area contributed by atoms with E-state index >= 15 is 0 Å². The number of nitrogens with zero attached hydrogens (tertiary/aromatic N) is 1. The second-order valence-corrected chi connectivity index (χ2v) is 6.60. The molecule has 0 saturated carbocycles. The second-order valence-electron chi connectivity index (χ2n) is 6.60. The molecular weight excluding hydrogens is 224 g/mol. The summed E-state index contributed by atoms with van der Waals surface area (Å²) in [5, 5.41) is 13.3. The summed E-state index contributed by atoms with van der Waals surface area (Å²) in [5.74, 6) is 0.803. The predicted octanol–water partition coefficient (Wildman–Crippen LogP) is 2.00. The summed E-state index contributed by atoms with van der Waals surface area (Å²) >= 11 is 0. The van der Waals surface area contributed by atoms with Crippen LogP contribution in [0.4, 0.5) is 0 Å². The van der Waals surface area contributed by atoms with Crippen molar-refractivity contribution in [3.63, 3.8) is 0 Å². The maximum absolute atomic E-state index is 9.74. The number of hydrogen-bond acceptors (Lipinski definition) is 3. The van der Waals surface area contributed by atoms with Gasteiger partial charge in [0.1, 0.15) is 0 Å². The number of aliphatic hydroxyl groups excluding tert-OH is 1. The highest BCUT2D eigenvalue weighted by Crippen LogP contribution is 2.31. The average Bonchev–Trinajstić information content (AvgIpc) is 2.40. The van der Waals surface area contributed by atoms with Gasteiger partial charge in [-0.3, -0.25) is 0 Å². The molecule has 0 bridgehead atoms. The van der Waals surface area contributed by atoms with E-state index in [1.807, 2.05) is 0 Å². The highest BCUT2D eigenvalue weighted by Gasteiger charge is 2.34. The number of hydrogen-bond donors (Lipinski definition) is 2. The molecule has 0 radical (unpaired) electrons. The number of nitrogens with one attached hydrogen (secondary N) is 1. The van der Waals surface area contributed by atoms with E-state index in [0.29, 0.717) is 12.6 Å². The Kier molecular flexibility index (Phi) is 5.05. The van der Waals surface area contributed by atoms with Crippen molar-refractivity contribution in [2.24, 2.45) is 5.92 Å². The monoisotopic (exact) mass is 254 g/mol. The van der Waals surface area contributed by atoms with Crippen LogP contribution in [0.1, 0.15) is 52.4 Å². The Labute approximate surface area is 112 Å². The van der Waals surface area contributed by atoms with Gasteiger partial charge < -0.3 is 15.3 Å². The summed E-state index contributed by atoms with van der Waals surface area (Å²) in [6, 6.07) is 0.686. The molecule has 0 spiro atoms. The Morgan fingerprint density at radius 2 is 2.00 bits per heavy atom. The summed E-state index contributed by atoms with van der Waals surface area (Å²) in [5.41, 5.74) is 0.0446. The predicted molar refractivity (Wildman–Crippen MR) is 75.7 cm³/mol. The minimum absolute atomic E-state index is 0.0446. The van der Waals surface area contributed by atoms with Crippen molar-refractivity contribution < 1.29 is 5.11 Å². The standard InChI is InChI=1S/C15H30N2O/c1-13(2)17-9-5-14(6-10-17)11-15(12-18)7-3-4-8-16-15/h13-14,16,18H,3-12H2,1-2H3. The minimum atomic E-state index is 0.0446. The Morgan fingerprint density at radius 1 is 1.28 bits per heavy atom. The van der Waals surface area contributed by atoms with Gasteiger partial charge in [-0.1, -0.05) is 6.42 Å². The summed E-state index contributed by atoms with van der Waals surface area (Å²) in [6.07, 6.45) is 7.50. The lowest BCUT2D eigenvalue weighted by molar-refractivity contribution is 0.0778. The van der Waals surface area contributed by atoms with Crippen molar-refractivity contribution in [1.29, 1.82) is 0 Å². The summed E-state index contributed by atoms with van der Waals surface area (Å²) in [6.45, 7) is 8.47. The van der Waals surface area contributed by atoms with Crippen LogP contribution >= 0.6 is 0 Å². The van der Waals surface area contributed by atoms with Gasteiger partial charge in [-0.05, 0) is 71.5 Å². The molecule has 2 fully saturated rings. The molecular formula is C15H30N2O. The van der Waals surface area contributed by atoms with Crippen molar-refractivity contribution in [2.45, 2.75) is 64.0 Å². The lowest BCUT2D eigenvalue weighted by atomic mass is 9.78. The van der Waals surface area contributed by atoms with E-state index in [-0.39, 0.29) is 5.54 Å². The van der Waals surface area contributed by atoms with Gasteiger partial charge in [0.15, 0.2) is 0 Å². The smallest absolute Gasteiger partial charge is 0.0613 e. The van der Waals surface area contributed by atoms with E-state index in [0.717, 1.165) is 18.9 Å². The van der Waals surface area contributed by atoms with Crippen LogP contribution < -0.4 is 5.32 Å². The molecule has 106 valence electrons. The van der Waals surface area contributed by atoms with E-state index in [1.54, 1.807) is 0 Å². The third kappa shape index (κ3) is 3.46. The Balaban J connectivity index is 1.82. The quantitative estimate of drug-likeness (QED) is 0.805. The first kappa shape index (κ1) is 14.3. The molecule has 1 unspecified atom stereocenters. The molecule has 18 heavy (non-hydrogen) atoms. The highest BCUT2D eigenvalue weighted by molar-refractivity contribution is 4.93. The largest absolute Gasteiger partial charge is 0.394 e. The topological polar surface area (TPSA) is 35.5 Å². The molecule has 1 atom stereocenters. The van der Waals surface area contributed by atoms with Crippen LogP contribution in [0.3, 0.4) is 0 Å². The molecule has 0 aromatic heterocycles. The molecule has 0 aliphatic carbocycles. The van der Waals surface area contributed by atoms with Crippen molar-refractivity contribution in [1.82, 2.24) is 10.2 Å². The lowest BCUT2D eigenvalue weighted by Gasteiger charge is -2.42. The van der Waals surface area contributed by atoms with Crippen molar-refractivity contribution in [3.05, 3.63) is 0 Å². The Morgan fingerprint density at radius 3 is 2.50 bits per heavy atom. The number of rotatable bonds is 4. The van der Waals surface area contributed by atoms with Gasteiger partial charge in [-0.15, -0.1) is 0 Å². The van der Waals surface area contributed by atoms with Crippen LogP contribution in [0.15, 0.2) is 0 Å². The summed E-state index contributed by atoms with van der Waals surface area (Å²) in [7, 11) is 0. The van der Waals surface area contributed by atoms with Crippen LogP contribution in [0, 0.1) is 5.92 Å². The zero-order valence-corrected chi connectivity index (χ0v) is 12.1. The number of likely N-dealkylation sites (tertiary alicyclic amines) is 1. The van der Waals surface area contributed by atoms with E-state index < -0.39 is 0 Å². The molecule has 2 heterocycles. The van der Waals surface area contributed by atoms with Crippen molar-refractivity contribution in [3.8, 4) is 0 Å². The molecule has 0 aromatic rings. The van der Waals surface area contributed by atoms with Crippen molar-refractivity contribution in [2.75, 3.05) is 26.2 Å². The first-order valence-electron chi connectivity index (χ1n) is 7.75. The van der Waals surface area contributed by atoms with E-state index in [1.165, 1.54) is 45.2 Å². The van der Waals surface area contributed by atoms with E-state index in [9.17, 15) is 5.11 Å². The average molecular weight is 254 g/mol. The fraction of sp³-hybridized carbons (Fsp3) is 1.00. The van der Waals surface area contributed by atoms with E-state index in [4.69, 9.17) is 0 Å². The van der Waals surface area contributed by atoms with Crippen LogP contribution in [-0.4, -0.2) is 47.8 Å². The van der Waals surface area contributed by atoms with Gasteiger partial charge in [0.05, 0.1) is 6.61 Å². The number of aliphatic hydroxyl groups is 1. The molecule has 2 aliphatic heterocycles. The minimum Gasteiger partial charge on any atom is -0.394 e. The molecule has 0 amide bonds. The van der Waals surface area contributed by atoms with Gasteiger partial charge in [0.2, 0.25) is 0 Å². The van der Waals surface area contributed by atoms with Crippen LogP contribution in [0.5, 0.6) is 0 Å². The third-order valence-electron chi connectivity index (χ3n) is 4.94. The number of piperidine rings is 2. The van der Waals surface area contributed by atoms with Crippen LogP contribution in [0.25, 0.3) is 0 Å². The molecule has 2 N–H and O–H groups in total. The normalized spacial score (nSPS) is 32.0. The molecule has 2 aliphatic rings. The second kappa shape index (κ2) is 6.36. The van der Waals surface area contributed by atoms with Gasteiger partial charge >= 0.3 is 0 Å². The molecule has 3 heteroatoms. The molecule has 2 saturated heterocycles. The summed E-state index contributed by atoms with van der Waals surface area (Å²) in [4.78, 5) is 2.58. The van der Waals surface area contributed by atoms with Gasteiger partial charge in [0, 0.05) is 11.6 Å². The fourth-order valence-electron chi connectivity index (χ4n) is 3.63. The molecule has 0 aromatic carbocycles. The van der Waals surface area contributed by atoms with Gasteiger partial charge in [-0.25, -0.2) is 0 Å².